The summed E-state index contributed by atoms with van der Waals surface area (Å²) >= 11 is 0. The average Bonchev–Trinajstić information content (AvgIpc) is 2.76. The van der Waals surface area contributed by atoms with E-state index in [9.17, 15) is 9.90 Å². The van der Waals surface area contributed by atoms with Gasteiger partial charge in [-0.3, -0.25) is 4.79 Å². The van der Waals surface area contributed by atoms with Gasteiger partial charge in [-0.15, -0.1) is 0 Å². The number of aryl methyl sites for hydroxylation is 1. The van der Waals surface area contributed by atoms with Crippen molar-refractivity contribution >= 4 is 17.0 Å². The van der Waals surface area contributed by atoms with Crippen LogP contribution in [0.5, 0.6) is 0 Å². The molecule has 0 saturated heterocycles. The Kier molecular flexibility index (Phi) is 3.82. The summed E-state index contributed by atoms with van der Waals surface area (Å²) in [6, 6.07) is 4.92. The molecule has 1 heterocycles. The molecule has 19 heavy (non-hydrogen) atoms. The van der Waals surface area contributed by atoms with Crippen molar-refractivity contribution in [1.82, 2.24) is 14.9 Å². The molecule has 102 valence electrons. The number of benzene rings is 1. The Morgan fingerprint density at radius 1 is 1.53 bits per heavy atom. The zero-order valence-corrected chi connectivity index (χ0v) is 10.9. The highest BCUT2D eigenvalue weighted by atomic mass is 16.4. The van der Waals surface area contributed by atoms with Gasteiger partial charge in [-0.25, -0.2) is 4.98 Å². The van der Waals surface area contributed by atoms with Gasteiger partial charge in [0.25, 0.3) is 0 Å². The first-order chi connectivity index (χ1) is 9.02. The molecule has 2 atom stereocenters. The van der Waals surface area contributed by atoms with Crippen LogP contribution < -0.4 is 5.32 Å². The molecule has 0 spiro atoms. The molecule has 6 heteroatoms. The highest BCUT2D eigenvalue weighted by molar-refractivity contribution is 5.76. The molecular weight excluding hydrogens is 246 g/mol. The predicted molar refractivity (Wildman–Crippen MR) is 70.8 cm³/mol. The summed E-state index contributed by atoms with van der Waals surface area (Å²) in [7, 11) is 3.53. The molecule has 6 nitrogen and oxygen atoms in total. The van der Waals surface area contributed by atoms with Crippen LogP contribution in [0.2, 0.25) is 0 Å². The summed E-state index contributed by atoms with van der Waals surface area (Å²) in [5.41, 5.74) is 2.41. The average molecular weight is 263 g/mol. The maximum absolute atomic E-state index is 10.8. The Balaban J connectivity index is 2.29. The van der Waals surface area contributed by atoms with Crippen LogP contribution in [0.25, 0.3) is 11.0 Å². The first-order valence-electron chi connectivity index (χ1n) is 6.01. The summed E-state index contributed by atoms with van der Waals surface area (Å²) in [5, 5.41) is 21.9. The van der Waals surface area contributed by atoms with Crippen molar-refractivity contribution in [1.29, 1.82) is 0 Å². The number of imidazole rings is 1. The van der Waals surface area contributed by atoms with Gasteiger partial charge >= 0.3 is 5.97 Å². The summed E-state index contributed by atoms with van der Waals surface area (Å²) in [6.07, 6.45) is 0.679. The van der Waals surface area contributed by atoms with Crippen LogP contribution in [-0.2, 0) is 11.8 Å². The van der Waals surface area contributed by atoms with Crippen LogP contribution in [0.15, 0.2) is 24.5 Å². The molecule has 0 radical (unpaired) electrons. The Hall–Kier alpha value is -1.92. The van der Waals surface area contributed by atoms with E-state index in [0.29, 0.717) is 5.56 Å². The minimum atomic E-state index is -0.947. The van der Waals surface area contributed by atoms with Gasteiger partial charge in [0.15, 0.2) is 0 Å². The quantitative estimate of drug-likeness (QED) is 0.738. The van der Waals surface area contributed by atoms with Gasteiger partial charge in [-0.1, -0.05) is 6.07 Å². The molecule has 2 aromatic rings. The van der Waals surface area contributed by atoms with Gasteiger partial charge in [0, 0.05) is 13.1 Å². The third-order valence-electron chi connectivity index (χ3n) is 3.24. The first-order valence-corrected chi connectivity index (χ1v) is 6.01. The number of carbonyl (C=O) groups is 1. The highest BCUT2D eigenvalue weighted by Gasteiger charge is 2.22. The predicted octanol–water partition coefficient (Wildman–Crippen LogP) is 0.669. The van der Waals surface area contributed by atoms with Crippen LogP contribution in [0, 0.1) is 0 Å². The number of aliphatic carboxylic acids is 1. The Morgan fingerprint density at radius 2 is 2.26 bits per heavy atom. The minimum Gasteiger partial charge on any atom is -0.481 e. The number of carboxylic acid groups (broad SMARTS) is 1. The minimum absolute atomic E-state index is 0.141. The van der Waals surface area contributed by atoms with Crippen molar-refractivity contribution in [3.05, 3.63) is 30.1 Å². The number of aliphatic hydroxyl groups is 1. The Bertz CT molecular complexity index is 594. The summed E-state index contributed by atoms with van der Waals surface area (Å²) < 4.78 is 1.89. The topological polar surface area (TPSA) is 87.4 Å². The number of fused-ring (bicyclic) bond motifs is 1. The van der Waals surface area contributed by atoms with E-state index in [1.807, 2.05) is 17.7 Å². The van der Waals surface area contributed by atoms with Crippen molar-refractivity contribution in [2.75, 3.05) is 7.05 Å². The normalized spacial score (nSPS) is 14.5. The van der Waals surface area contributed by atoms with Gasteiger partial charge in [0.05, 0.1) is 29.9 Å². The van der Waals surface area contributed by atoms with E-state index < -0.39 is 18.1 Å². The van der Waals surface area contributed by atoms with Crippen LogP contribution >= 0.6 is 0 Å². The zero-order valence-electron chi connectivity index (χ0n) is 10.9. The molecule has 2 unspecified atom stereocenters. The third kappa shape index (κ3) is 2.74. The lowest BCUT2D eigenvalue weighted by Gasteiger charge is -2.21. The van der Waals surface area contributed by atoms with E-state index in [-0.39, 0.29) is 6.42 Å². The lowest BCUT2D eigenvalue weighted by Crippen LogP contribution is -2.34. The number of likely N-dealkylation sites (N-methyl/N-ethyl adjacent to an activating group) is 1. The van der Waals surface area contributed by atoms with E-state index in [4.69, 9.17) is 5.11 Å². The van der Waals surface area contributed by atoms with Crippen molar-refractivity contribution < 1.29 is 15.0 Å². The van der Waals surface area contributed by atoms with E-state index in [2.05, 4.69) is 10.3 Å². The number of hydrogen-bond donors (Lipinski definition) is 3. The largest absolute Gasteiger partial charge is 0.481 e. The molecule has 1 aromatic carbocycles. The lowest BCUT2D eigenvalue weighted by molar-refractivity contribution is -0.138. The molecule has 0 aliphatic rings. The van der Waals surface area contributed by atoms with Crippen LogP contribution in [0.1, 0.15) is 18.1 Å². The standard InChI is InChI=1S/C13H17N3O3/c1-14-10(6-12(17)18)13(19)8-3-4-11-9(5-8)15-7-16(11)2/h3-5,7,10,13-14,19H,6H2,1-2H3,(H,17,18). The van der Waals surface area contributed by atoms with Gasteiger partial charge < -0.3 is 20.1 Å². The van der Waals surface area contributed by atoms with Crippen molar-refractivity contribution in [3.63, 3.8) is 0 Å². The SMILES string of the molecule is CNC(CC(=O)O)C(O)c1ccc2c(c1)ncn2C. The fourth-order valence-electron chi connectivity index (χ4n) is 2.13. The van der Waals surface area contributed by atoms with Gasteiger partial charge in [-0.2, -0.15) is 0 Å². The number of rotatable bonds is 5. The second kappa shape index (κ2) is 5.38. The van der Waals surface area contributed by atoms with Gasteiger partial charge in [0.1, 0.15) is 0 Å². The number of aliphatic hydroxyl groups excluding tert-OH is 1. The highest BCUT2D eigenvalue weighted by Crippen LogP contribution is 2.22. The molecule has 2 rings (SSSR count). The van der Waals surface area contributed by atoms with Gasteiger partial charge in [0.2, 0.25) is 0 Å². The molecule has 0 saturated carbocycles. The molecule has 1 aromatic heterocycles. The molecule has 0 bridgehead atoms. The van der Waals surface area contributed by atoms with Crippen LogP contribution in [0.3, 0.4) is 0 Å². The van der Waals surface area contributed by atoms with Crippen molar-refractivity contribution in [2.24, 2.45) is 7.05 Å². The molecule has 0 aliphatic heterocycles. The molecule has 0 amide bonds. The lowest BCUT2D eigenvalue weighted by atomic mass is 9.99. The number of nitrogens with one attached hydrogen (secondary N) is 1. The number of aromatic nitrogens is 2. The van der Waals surface area contributed by atoms with Gasteiger partial charge in [-0.05, 0) is 24.7 Å². The maximum atomic E-state index is 10.8. The second-order valence-corrected chi connectivity index (χ2v) is 4.54. The second-order valence-electron chi connectivity index (χ2n) is 4.54. The zero-order chi connectivity index (χ0) is 14.0. The number of nitrogens with zero attached hydrogens (tertiary/aromatic N) is 2. The fourth-order valence-corrected chi connectivity index (χ4v) is 2.13. The Labute approximate surface area is 110 Å². The van der Waals surface area contributed by atoms with E-state index in [1.165, 1.54) is 0 Å². The third-order valence-corrected chi connectivity index (χ3v) is 3.24. The van der Waals surface area contributed by atoms with E-state index in [1.54, 1.807) is 25.5 Å². The summed E-state index contributed by atoms with van der Waals surface area (Å²) in [6.45, 7) is 0. The Morgan fingerprint density at radius 3 is 2.89 bits per heavy atom. The summed E-state index contributed by atoms with van der Waals surface area (Å²) in [4.78, 5) is 15.0. The molecule has 0 aliphatic carbocycles. The van der Waals surface area contributed by atoms with Crippen LogP contribution in [0.4, 0.5) is 0 Å². The number of carboxylic acids is 1. The van der Waals surface area contributed by atoms with E-state index in [0.717, 1.165) is 11.0 Å². The van der Waals surface area contributed by atoms with Crippen molar-refractivity contribution in [2.45, 2.75) is 18.6 Å². The smallest absolute Gasteiger partial charge is 0.305 e. The number of hydrogen-bond acceptors (Lipinski definition) is 4. The molecule has 3 N–H and O–H groups in total. The monoisotopic (exact) mass is 263 g/mol. The molecular formula is C13H17N3O3. The van der Waals surface area contributed by atoms with E-state index >= 15 is 0 Å². The van der Waals surface area contributed by atoms with Crippen LogP contribution in [-0.4, -0.2) is 38.8 Å². The molecule has 0 fully saturated rings. The van der Waals surface area contributed by atoms with Crippen molar-refractivity contribution in [3.8, 4) is 0 Å². The first kappa shape index (κ1) is 13.5. The maximum Gasteiger partial charge on any atom is 0.305 e. The summed E-state index contributed by atoms with van der Waals surface area (Å²) in [5.74, 6) is -0.947. The fraction of sp³-hybridized carbons (Fsp3) is 0.385.